The topological polar surface area (TPSA) is 96.0 Å². The summed E-state index contributed by atoms with van der Waals surface area (Å²) in [7, 11) is 0. The van der Waals surface area contributed by atoms with Crippen molar-refractivity contribution >= 4 is 23.3 Å². The molecule has 8 heteroatoms. The third-order valence-corrected chi connectivity index (χ3v) is 4.24. The molecular weight excluding hydrogens is 356 g/mol. The third-order valence-electron chi connectivity index (χ3n) is 4.24. The van der Waals surface area contributed by atoms with Crippen LogP contribution in [0.1, 0.15) is 58.3 Å². The Morgan fingerprint density at radius 1 is 1.29 bits per heavy atom. The fourth-order valence-corrected chi connectivity index (χ4v) is 2.82. The molecule has 8 nitrogen and oxygen atoms in total. The Balaban J connectivity index is 1.70. The van der Waals surface area contributed by atoms with Gasteiger partial charge in [0.1, 0.15) is 5.60 Å². The number of anilines is 2. The molecule has 2 N–H and O–H groups in total. The van der Waals surface area contributed by atoms with Gasteiger partial charge >= 0.3 is 6.09 Å². The molecule has 0 bridgehead atoms. The normalized spacial score (nSPS) is 14.8. The number of H-pyrrole nitrogens is 1. The van der Waals surface area contributed by atoms with E-state index in [1.54, 1.807) is 17.3 Å². The monoisotopic (exact) mass is 384 g/mol. The van der Waals surface area contributed by atoms with Crippen molar-refractivity contribution in [3.05, 3.63) is 35.9 Å². The summed E-state index contributed by atoms with van der Waals surface area (Å²) in [4.78, 5) is 23.0. The molecule has 0 aromatic carbocycles. The Labute approximate surface area is 165 Å². The van der Waals surface area contributed by atoms with Gasteiger partial charge in [-0.3, -0.25) is 10.1 Å². The lowest BCUT2D eigenvalue weighted by atomic mass is 10.1. The molecular formula is C20H28N6O2. The van der Waals surface area contributed by atoms with Crippen molar-refractivity contribution in [3.63, 3.8) is 0 Å². The molecule has 0 atom stereocenters. The number of aromatic amines is 1. The summed E-state index contributed by atoms with van der Waals surface area (Å²) < 4.78 is 5.49. The second kappa shape index (κ2) is 8.00. The molecule has 28 heavy (non-hydrogen) atoms. The molecule has 150 valence electrons. The number of hydrogen-bond donors (Lipinski definition) is 2. The zero-order chi connectivity index (χ0) is 20.3. The minimum absolute atomic E-state index is 0.307. The SMILES string of the molecule is CC(C)c1cc(Nc2cncc(C3=CCCN(C(=O)OC(C)(C)C)C3)n2)n[nH]1. The second-order valence-corrected chi connectivity index (χ2v) is 8.20. The maximum atomic E-state index is 12.4. The first-order valence-corrected chi connectivity index (χ1v) is 9.53. The molecule has 0 radical (unpaired) electrons. The fraction of sp³-hybridized carbons (Fsp3) is 0.500. The lowest BCUT2D eigenvalue weighted by Crippen LogP contribution is -2.39. The van der Waals surface area contributed by atoms with Gasteiger partial charge in [-0.2, -0.15) is 5.10 Å². The second-order valence-electron chi connectivity index (χ2n) is 8.20. The van der Waals surface area contributed by atoms with E-state index in [0.29, 0.717) is 30.6 Å². The minimum Gasteiger partial charge on any atom is -0.444 e. The number of aromatic nitrogens is 4. The highest BCUT2D eigenvalue weighted by Crippen LogP contribution is 2.23. The standard InChI is InChI=1S/C20H28N6O2/c1-13(2)15-9-17(25-24-15)23-18-11-21-10-16(22-18)14-7-6-8-26(12-14)19(27)28-20(3,4)5/h7,9-11,13H,6,8,12H2,1-5H3,(H2,22,23,24,25). The highest BCUT2D eigenvalue weighted by atomic mass is 16.6. The first-order valence-electron chi connectivity index (χ1n) is 9.53. The molecule has 2 aromatic heterocycles. The number of nitrogens with one attached hydrogen (secondary N) is 2. The van der Waals surface area contributed by atoms with E-state index in [1.807, 2.05) is 26.8 Å². The van der Waals surface area contributed by atoms with Gasteiger partial charge in [0, 0.05) is 18.3 Å². The number of rotatable bonds is 4. The van der Waals surface area contributed by atoms with E-state index in [4.69, 9.17) is 4.74 Å². The van der Waals surface area contributed by atoms with Crippen molar-refractivity contribution in [2.24, 2.45) is 0 Å². The lowest BCUT2D eigenvalue weighted by Gasteiger charge is -2.30. The minimum atomic E-state index is -0.513. The van der Waals surface area contributed by atoms with E-state index in [1.165, 1.54) is 0 Å². The predicted molar refractivity (Wildman–Crippen MR) is 108 cm³/mol. The highest BCUT2D eigenvalue weighted by Gasteiger charge is 2.25. The van der Waals surface area contributed by atoms with Crippen molar-refractivity contribution in [1.29, 1.82) is 0 Å². The third kappa shape index (κ3) is 5.09. The Hall–Kier alpha value is -2.90. The zero-order valence-electron chi connectivity index (χ0n) is 17.1. The summed E-state index contributed by atoms with van der Waals surface area (Å²) in [6.07, 6.45) is 5.91. The van der Waals surface area contributed by atoms with Crippen molar-refractivity contribution in [2.75, 3.05) is 18.4 Å². The Kier molecular flexibility index (Phi) is 5.67. The average molecular weight is 384 g/mol. The molecule has 0 fully saturated rings. The van der Waals surface area contributed by atoms with Crippen molar-refractivity contribution in [3.8, 4) is 0 Å². The first kappa shape index (κ1) is 19.9. The highest BCUT2D eigenvalue weighted by molar-refractivity contribution is 5.74. The lowest BCUT2D eigenvalue weighted by molar-refractivity contribution is 0.0273. The van der Waals surface area contributed by atoms with Crippen LogP contribution in [0.3, 0.4) is 0 Å². The first-order chi connectivity index (χ1) is 13.2. The fourth-order valence-electron chi connectivity index (χ4n) is 2.82. The van der Waals surface area contributed by atoms with E-state index in [2.05, 4.69) is 45.4 Å². The van der Waals surface area contributed by atoms with Gasteiger partial charge in [0.05, 0.1) is 24.6 Å². The summed E-state index contributed by atoms with van der Waals surface area (Å²) in [6, 6.07) is 1.96. The van der Waals surface area contributed by atoms with Crippen molar-refractivity contribution in [2.45, 2.75) is 52.6 Å². The van der Waals surface area contributed by atoms with E-state index in [-0.39, 0.29) is 6.09 Å². The van der Waals surface area contributed by atoms with Crippen LogP contribution in [0.5, 0.6) is 0 Å². The average Bonchev–Trinajstić information content (AvgIpc) is 3.09. The Morgan fingerprint density at radius 2 is 2.07 bits per heavy atom. The Bertz CT molecular complexity index is 866. The number of ether oxygens (including phenoxy) is 1. The number of hydrogen-bond acceptors (Lipinski definition) is 6. The van der Waals surface area contributed by atoms with Crippen LogP contribution < -0.4 is 5.32 Å². The van der Waals surface area contributed by atoms with Crippen LogP contribution in [0.15, 0.2) is 24.5 Å². The molecule has 1 amide bonds. The molecule has 3 heterocycles. The van der Waals surface area contributed by atoms with Crippen LogP contribution >= 0.6 is 0 Å². The van der Waals surface area contributed by atoms with E-state index in [9.17, 15) is 4.79 Å². The van der Waals surface area contributed by atoms with Crippen LogP contribution in [0.4, 0.5) is 16.4 Å². The molecule has 1 aliphatic rings. The summed E-state index contributed by atoms with van der Waals surface area (Å²) in [5.74, 6) is 1.67. The summed E-state index contributed by atoms with van der Waals surface area (Å²) >= 11 is 0. The summed E-state index contributed by atoms with van der Waals surface area (Å²) in [5.41, 5.74) is 2.23. The molecule has 0 saturated carbocycles. The van der Waals surface area contributed by atoms with E-state index in [0.717, 1.165) is 23.4 Å². The van der Waals surface area contributed by atoms with Crippen molar-refractivity contribution < 1.29 is 9.53 Å². The molecule has 3 rings (SSSR count). The molecule has 1 aliphatic heterocycles. The maximum Gasteiger partial charge on any atom is 0.410 e. The van der Waals surface area contributed by atoms with Crippen LogP contribution in [0, 0.1) is 0 Å². The smallest absolute Gasteiger partial charge is 0.410 e. The van der Waals surface area contributed by atoms with Crippen molar-refractivity contribution in [1.82, 2.24) is 25.1 Å². The van der Waals surface area contributed by atoms with Gasteiger partial charge in [-0.05, 0) is 38.7 Å². The molecule has 0 saturated heterocycles. The van der Waals surface area contributed by atoms with Crippen LogP contribution in [-0.2, 0) is 4.74 Å². The molecule has 2 aromatic rings. The Morgan fingerprint density at radius 3 is 2.75 bits per heavy atom. The maximum absolute atomic E-state index is 12.4. The summed E-state index contributed by atoms with van der Waals surface area (Å²) in [5, 5.41) is 10.4. The van der Waals surface area contributed by atoms with E-state index < -0.39 is 5.60 Å². The predicted octanol–water partition coefficient (Wildman–Crippen LogP) is 4.09. The van der Waals surface area contributed by atoms with Gasteiger partial charge in [-0.15, -0.1) is 0 Å². The number of amides is 1. The van der Waals surface area contributed by atoms with Gasteiger partial charge in [-0.1, -0.05) is 19.9 Å². The molecule has 0 spiro atoms. The van der Waals surface area contributed by atoms with Gasteiger partial charge in [-0.25, -0.2) is 9.78 Å². The largest absolute Gasteiger partial charge is 0.444 e. The van der Waals surface area contributed by atoms with Crippen LogP contribution in [0.2, 0.25) is 0 Å². The van der Waals surface area contributed by atoms with Gasteiger partial charge in [0.15, 0.2) is 11.6 Å². The zero-order valence-corrected chi connectivity index (χ0v) is 17.1. The number of carbonyl (C=O) groups is 1. The van der Waals surface area contributed by atoms with E-state index >= 15 is 0 Å². The van der Waals surface area contributed by atoms with Gasteiger partial charge < -0.3 is 15.0 Å². The number of nitrogens with zero attached hydrogens (tertiary/aromatic N) is 4. The molecule has 0 unspecified atom stereocenters. The van der Waals surface area contributed by atoms with Crippen LogP contribution in [-0.4, -0.2) is 49.8 Å². The summed E-state index contributed by atoms with van der Waals surface area (Å²) in [6.45, 7) is 10.9. The molecule has 0 aliphatic carbocycles. The van der Waals surface area contributed by atoms with Gasteiger partial charge in [0.25, 0.3) is 0 Å². The van der Waals surface area contributed by atoms with Gasteiger partial charge in [0.2, 0.25) is 0 Å². The quantitative estimate of drug-likeness (QED) is 0.824. The number of carbonyl (C=O) groups excluding carboxylic acids is 1. The van der Waals surface area contributed by atoms with Crippen LogP contribution in [0.25, 0.3) is 5.57 Å².